The summed E-state index contributed by atoms with van der Waals surface area (Å²) in [6.07, 6.45) is 3.39. The molecule has 3 aromatic rings. The maximum absolute atomic E-state index is 13.2. The van der Waals surface area contributed by atoms with Crippen molar-refractivity contribution in [3.05, 3.63) is 89.7 Å². The number of ether oxygens (including phenoxy) is 1. The van der Waals surface area contributed by atoms with Gasteiger partial charge in [0.2, 0.25) is 0 Å². The zero-order valence-corrected chi connectivity index (χ0v) is 24.6. The van der Waals surface area contributed by atoms with Crippen LogP contribution in [0.15, 0.2) is 77.7 Å². The molecule has 5 nitrogen and oxygen atoms in total. The van der Waals surface area contributed by atoms with Gasteiger partial charge in [0.15, 0.2) is 9.84 Å². The number of halogens is 1. The second-order valence-corrected chi connectivity index (χ2v) is 13.8. The topological polar surface area (TPSA) is 63.7 Å². The molecule has 3 aromatic carbocycles. The normalized spacial score (nSPS) is 20.9. The highest BCUT2D eigenvalue weighted by Crippen LogP contribution is 2.34. The molecule has 1 atom stereocenters. The van der Waals surface area contributed by atoms with Crippen LogP contribution in [0.2, 0.25) is 0 Å². The van der Waals surface area contributed by atoms with E-state index in [1.807, 2.05) is 19.1 Å². The second-order valence-electron chi connectivity index (χ2n) is 11.7. The van der Waals surface area contributed by atoms with Gasteiger partial charge < -0.3 is 4.74 Å². The van der Waals surface area contributed by atoms with Crippen molar-refractivity contribution < 1.29 is 22.3 Å². The number of sulfone groups is 1. The summed E-state index contributed by atoms with van der Waals surface area (Å²) in [6, 6.07) is 22.0. The zero-order valence-electron chi connectivity index (χ0n) is 23.8. The Labute approximate surface area is 243 Å². The summed E-state index contributed by atoms with van der Waals surface area (Å²) in [6.45, 7) is 6.38. The molecule has 0 unspecified atom stereocenters. The lowest BCUT2D eigenvalue weighted by Crippen LogP contribution is -2.35. The number of hydrogen-bond donors (Lipinski definition) is 0. The van der Waals surface area contributed by atoms with Gasteiger partial charge in [-0.2, -0.15) is 0 Å². The molecule has 1 saturated carbocycles. The Morgan fingerprint density at radius 2 is 1.46 bits per heavy atom. The predicted molar refractivity (Wildman–Crippen MR) is 160 cm³/mol. The highest BCUT2D eigenvalue weighted by atomic mass is 32.2. The number of carbonyl (C=O) groups is 1. The van der Waals surface area contributed by atoms with E-state index in [2.05, 4.69) is 29.2 Å². The van der Waals surface area contributed by atoms with E-state index >= 15 is 0 Å². The molecule has 1 saturated heterocycles. The maximum atomic E-state index is 13.2. The fraction of sp³-hybridized carbons (Fsp3) is 0.441. The van der Waals surface area contributed by atoms with E-state index in [1.54, 1.807) is 24.3 Å². The monoisotopic (exact) mass is 577 g/mol. The van der Waals surface area contributed by atoms with Crippen LogP contribution in [0.4, 0.5) is 4.39 Å². The number of hydrogen-bond acceptors (Lipinski definition) is 5. The molecule has 0 N–H and O–H groups in total. The molecule has 2 aliphatic rings. The van der Waals surface area contributed by atoms with Crippen molar-refractivity contribution in [3.63, 3.8) is 0 Å². The first-order valence-electron chi connectivity index (χ1n) is 14.8. The number of rotatable bonds is 10. The van der Waals surface area contributed by atoms with Crippen molar-refractivity contribution in [3.8, 4) is 11.1 Å². The smallest absolute Gasteiger partial charge is 0.178 e. The van der Waals surface area contributed by atoms with E-state index in [1.165, 1.54) is 17.7 Å². The van der Waals surface area contributed by atoms with E-state index in [9.17, 15) is 17.6 Å². The molecule has 5 rings (SSSR count). The highest BCUT2D eigenvalue weighted by Gasteiger charge is 2.30. The number of ketones is 1. The minimum Gasteiger partial charge on any atom is -0.379 e. The molecule has 41 heavy (non-hydrogen) atoms. The van der Waals surface area contributed by atoms with Gasteiger partial charge in [-0.05, 0) is 84.0 Å². The molecule has 2 fully saturated rings. The highest BCUT2D eigenvalue weighted by molar-refractivity contribution is 7.91. The molecule has 1 aliphatic heterocycles. The number of benzene rings is 3. The third-order valence-electron chi connectivity index (χ3n) is 8.71. The summed E-state index contributed by atoms with van der Waals surface area (Å²) in [7, 11) is -3.41. The Hall–Kier alpha value is -2.87. The van der Waals surface area contributed by atoms with Crippen LogP contribution >= 0.6 is 0 Å². The third kappa shape index (κ3) is 7.91. The van der Waals surface area contributed by atoms with Crippen LogP contribution in [0, 0.1) is 17.7 Å². The average Bonchev–Trinajstić information content (AvgIpc) is 2.98. The molecule has 7 heteroatoms. The lowest BCUT2D eigenvalue weighted by atomic mass is 9.78. The molecule has 0 radical (unpaired) electrons. The summed E-state index contributed by atoms with van der Waals surface area (Å²) < 4.78 is 45.1. The number of nitrogens with zero attached hydrogens (tertiary/aromatic N) is 1. The Balaban J connectivity index is 1.11. The van der Waals surface area contributed by atoms with Gasteiger partial charge in [-0.3, -0.25) is 9.69 Å². The van der Waals surface area contributed by atoms with Crippen LogP contribution in [0.1, 0.15) is 56.1 Å². The Morgan fingerprint density at radius 1 is 0.878 bits per heavy atom. The van der Waals surface area contributed by atoms with Gasteiger partial charge in [0.25, 0.3) is 0 Å². The van der Waals surface area contributed by atoms with E-state index in [-0.39, 0.29) is 35.1 Å². The van der Waals surface area contributed by atoms with Crippen molar-refractivity contribution in [2.75, 3.05) is 32.1 Å². The summed E-state index contributed by atoms with van der Waals surface area (Å²) in [5.74, 6) is 0.162. The zero-order chi connectivity index (χ0) is 28.8. The largest absolute Gasteiger partial charge is 0.379 e. The predicted octanol–water partition coefficient (Wildman–Crippen LogP) is 6.67. The van der Waals surface area contributed by atoms with Gasteiger partial charge in [0, 0.05) is 32.0 Å². The average molecular weight is 578 g/mol. The van der Waals surface area contributed by atoms with Crippen LogP contribution in [0.25, 0.3) is 11.1 Å². The van der Waals surface area contributed by atoms with Crippen LogP contribution in [0.5, 0.6) is 0 Å². The Morgan fingerprint density at radius 3 is 2.07 bits per heavy atom. The number of morpholine rings is 1. The molecule has 218 valence electrons. The first-order chi connectivity index (χ1) is 19.8. The fourth-order valence-electron chi connectivity index (χ4n) is 6.11. The van der Waals surface area contributed by atoms with Gasteiger partial charge in [-0.1, -0.05) is 55.5 Å². The van der Waals surface area contributed by atoms with Crippen molar-refractivity contribution >= 4 is 15.6 Å². The Bertz CT molecular complexity index is 1390. The summed E-state index contributed by atoms with van der Waals surface area (Å²) in [5.41, 5.74) is 4.28. The van der Waals surface area contributed by atoms with Crippen LogP contribution in [0.3, 0.4) is 0 Å². The molecule has 0 amide bonds. The Kier molecular flexibility index (Phi) is 9.68. The molecular formula is C34H40FNO4S. The van der Waals surface area contributed by atoms with Crippen molar-refractivity contribution in [1.82, 2.24) is 4.90 Å². The minimum atomic E-state index is -3.41. The van der Waals surface area contributed by atoms with Crippen molar-refractivity contribution in [2.45, 2.75) is 56.4 Å². The fourth-order valence-corrected chi connectivity index (χ4v) is 7.81. The van der Waals surface area contributed by atoms with Gasteiger partial charge in [0.1, 0.15) is 11.6 Å². The lowest BCUT2D eigenvalue weighted by Gasteiger charge is -2.28. The third-order valence-corrected chi connectivity index (χ3v) is 10.6. The van der Waals surface area contributed by atoms with E-state index < -0.39 is 9.84 Å². The van der Waals surface area contributed by atoms with E-state index in [0.717, 1.165) is 75.2 Å². The number of carbonyl (C=O) groups excluding carboxylic acids is 1. The minimum absolute atomic E-state index is 0.0172. The lowest BCUT2D eigenvalue weighted by molar-refractivity contribution is -0.124. The van der Waals surface area contributed by atoms with Crippen LogP contribution in [-0.4, -0.2) is 51.2 Å². The summed E-state index contributed by atoms with van der Waals surface area (Å²) in [4.78, 5) is 15.7. The molecule has 0 bridgehead atoms. The van der Waals surface area contributed by atoms with Crippen LogP contribution in [-0.2, 0) is 25.9 Å². The van der Waals surface area contributed by atoms with Crippen LogP contribution < -0.4 is 0 Å². The molecule has 1 aliphatic carbocycles. The maximum Gasteiger partial charge on any atom is 0.178 e. The van der Waals surface area contributed by atoms with Gasteiger partial charge in [-0.25, -0.2) is 12.8 Å². The van der Waals surface area contributed by atoms with E-state index in [0.29, 0.717) is 11.3 Å². The SMILES string of the molecule is C[C@@H](CC(=O)C1CCC(CS(=O)(=O)c2ccc(-c3ccc(CN4CCOCC4)cc3)cc2)CC1)c1ccc(F)cc1. The summed E-state index contributed by atoms with van der Waals surface area (Å²) >= 11 is 0. The van der Waals surface area contributed by atoms with E-state index in [4.69, 9.17) is 4.74 Å². The molecular weight excluding hydrogens is 537 g/mol. The number of Topliss-reactive ketones (excluding diaryl/α,β-unsaturated/α-hetero) is 1. The van der Waals surface area contributed by atoms with Gasteiger partial charge >= 0.3 is 0 Å². The first-order valence-corrected chi connectivity index (χ1v) is 16.4. The summed E-state index contributed by atoms with van der Waals surface area (Å²) in [5, 5.41) is 0. The van der Waals surface area contributed by atoms with Gasteiger partial charge in [0.05, 0.1) is 23.9 Å². The van der Waals surface area contributed by atoms with Crippen molar-refractivity contribution in [2.24, 2.45) is 11.8 Å². The second kappa shape index (κ2) is 13.4. The molecule has 0 spiro atoms. The molecule has 1 heterocycles. The van der Waals surface area contributed by atoms with Gasteiger partial charge in [-0.15, -0.1) is 0 Å². The quantitative estimate of drug-likeness (QED) is 0.269. The standard InChI is InChI=1S/C34H40FNO4S/c1-25(28-10-14-32(35)15-11-28)22-34(37)31-8-4-27(5-9-31)24-41(38,39)33-16-12-30(13-17-33)29-6-2-26(3-7-29)23-36-18-20-40-21-19-36/h2-3,6-7,10-17,25,27,31H,4-5,8-9,18-24H2,1H3/t25-,27?,31?/m0/s1. The first kappa shape index (κ1) is 29.6. The van der Waals surface area contributed by atoms with Crippen molar-refractivity contribution in [1.29, 1.82) is 0 Å². The molecule has 0 aromatic heterocycles.